The van der Waals surface area contributed by atoms with E-state index in [0.717, 1.165) is 13.2 Å². The fourth-order valence-electron chi connectivity index (χ4n) is 1.41. The van der Waals surface area contributed by atoms with Crippen LogP contribution in [-0.2, 0) is 5.60 Å². The first kappa shape index (κ1) is 15.4. The van der Waals surface area contributed by atoms with Crippen molar-refractivity contribution >= 4 is 0 Å². The summed E-state index contributed by atoms with van der Waals surface area (Å²) < 4.78 is 79.7. The Morgan fingerprint density at radius 3 is 1.79 bits per heavy atom. The van der Waals surface area contributed by atoms with Crippen molar-refractivity contribution in [3.63, 3.8) is 0 Å². The van der Waals surface area contributed by atoms with Crippen LogP contribution in [0.1, 0.15) is 5.56 Å². The Morgan fingerprint density at radius 1 is 1.00 bits per heavy atom. The van der Waals surface area contributed by atoms with Crippen molar-refractivity contribution in [2.75, 3.05) is 7.11 Å². The molecule has 0 bridgehead atoms. The molecule has 0 heterocycles. The van der Waals surface area contributed by atoms with Crippen molar-refractivity contribution in [3.8, 4) is 11.5 Å². The Kier molecular flexibility index (Phi) is 3.63. The van der Waals surface area contributed by atoms with Crippen molar-refractivity contribution in [2.24, 2.45) is 0 Å². The van der Waals surface area contributed by atoms with E-state index in [1.54, 1.807) is 0 Å². The van der Waals surface area contributed by atoms with Crippen LogP contribution in [-0.4, -0.2) is 29.7 Å². The maximum atomic E-state index is 12.5. The molecule has 3 nitrogen and oxygen atoms in total. The zero-order valence-electron chi connectivity index (χ0n) is 9.30. The smallest absolute Gasteiger partial charge is 0.430 e. The normalized spacial score (nSPS) is 13.5. The SMILES string of the molecule is COc1ccc(C(O)(C(F)(F)F)C(F)(F)F)c(O)c1. The van der Waals surface area contributed by atoms with E-state index < -0.39 is 29.3 Å². The molecule has 0 saturated carbocycles. The topological polar surface area (TPSA) is 49.7 Å². The van der Waals surface area contributed by atoms with E-state index in [1.807, 2.05) is 0 Å². The first-order valence-electron chi connectivity index (χ1n) is 4.68. The number of methoxy groups -OCH3 is 1. The van der Waals surface area contributed by atoms with Gasteiger partial charge >= 0.3 is 12.4 Å². The molecule has 2 N–H and O–H groups in total. The highest BCUT2D eigenvalue weighted by Crippen LogP contribution is 2.52. The largest absolute Gasteiger partial charge is 0.507 e. The minimum absolute atomic E-state index is 0.159. The number of halogens is 6. The highest BCUT2D eigenvalue weighted by Gasteiger charge is 2.72. The second-order valence-electron chi connectivity index (χ2n) is 3.59. The fraction of sp³-hybridized carbons (Fsp3) is 0.400. The van der Waals surface area contributed by atoms with E-state index >= 15 is 0 Å². The van der Waals surface area contributed by atoms with E-state index in [9.17, 15) is 31.4 Å². The molecule has 0 aromatic heterocycles. The number of hydrogen-bond acceptors (Lipinski definition) is 3. The van der Waals surface area contributed by atoms with Gasteiger partial charge in [0.1, 0.15) is 11.5 Å². The molecule has 0 spiro atoms. The first-order valence-corrected chi connectivity index (χ1v) is 4.68. The van der Waals surface area contributed by atoms with E-state index in [-0.39, 0.29) is 5.75 Å². The Hall–Kier alpha value is -1.64. The molecule has 0 radical (unpaired) electrons. The predicted molar refractivity (Wildman–Crippen MR) is 50.7 cm³/mol. The maximum Gasteiger partial charge on any atom is 0.430 e. The lowest BCUT2D eigenvalue weighted by Gasteiger charge is -2.33. The van der Waals surface area contributed by atoms with Crippen LogP contribution in [0, 0.1) is 0 Å². The molecular formula is C10H8F6O3. The monoisotopic (exact) mass is 290 g/mol. The van der Waals surface area contributed by atoms with Gasteiger partial charge in [-0.2, -0.15) is 26.3 Å². The Balaban J connectivity index is 3.52. The molecule has 0 saturated heterocycles. The number of rotatable bonds is 2. The van der Waals surface area contributed by atoms with Crippen molar-refractivity contribution in [1.82, 2.24) is 0 Å². The van der Waals surface area contributed by atoms with Crippen LogP contribution in [0.4, 0.5) is 26.3 Å². The minimum Gasteiger partial charge on any atom is -0.507 e. The molecular weight excluding hydrogens is 282 g/mol. The zero-order chi connectivity index (χ0) is 15.1. The summed E-state index contributed by atoms with van der Waals surface area (Å²) in [7, 11) is 1.11. The standard InChI is InChI=1S/C10H8F6O3/c1-19-5-2-3-6(7(17)4-5)8(18,9(11,12)13)10(14,15)16/h2-4,17-18H,1H3. The van der Waals surface area contributed by atoms with Crippen LogP contribution in [0.5, 0.6) is 11.5 Å². The molecule has 0 aliphatic rings. The van der Waals surface area contributed by atoms with Gasteiger partial charge in [-0.05, 0) is 12.1 Å². The van der Waals surface area contributed by atoms with Crippen LogP contribution in [0.2, 0.25) is 0 Å². The fourth-order valence-corrected chi connectivity index (χ4v) is 1.41. The maximum absolute atomic E-state index is 12.5. The van der Waals surface area contributed by atoms with Crippen molar-refractivity contribution in [2.45, 2.75) is 18.0 Å². The highest BCUT2D eigenvalue weighted by molar-refractivity contribution is 5.44. The minimum atomic E-state index is -6.04. The highest BCUT2D eigenvalue weighted by atomic mass is 19.4. The number of alkyl halides is 6. The quantitative estimate of drug-likeness (QED) is 0.823. The average molecular weight is 290 g/mol. The summed E-state index contributed by atoms with van der Waals surface area (Å²) in [5.74, 6) is -1.54. The van der Waals surface area contributed by atoms with Gasteiger partial charge in [-0.15, -0.1) is 0 Å². The lowest BCUT2D eigenvalue weighted by molar-refractivity contribution is -0.376. The Morgan fingerprint density at radius 2 is 1.47 bits per heavy atom. The van der Waals surface area contributed by atoms with Gasteiger partial charge in [0.2, 0.25) is 0 Å². The number of aliphatic hydroxyl groups is 1. The van der Waals surface area contributed by atoms with Crippen molar-refractivity contribution in [1.29, 1.82) is 0 Å². The van der Waals surface area contributed by atoms with E-state index in [2.05, 4.69) is 4.74 Å². The second-order valence-corrected chi connectivity index (χ2v) is 3.59. The summed E-state index contributed by atoms with van der Waals surface area (Å²) in [6.45, 7) is 0. The number of phenols is 1. The Bertz CT molecular complexity index is 451. The molecule has 0 unspecified atom stereocenters. The first-order chi connectivity index (χ1) is 8.45. The van der Waals surface area contributed by atoms with Gasteiger partial charge in [0.25, 0.3) is 5.60 Å². The average Bonchev–Trinajstić information content (AvgIpc) is 2.24. The molecule has 9 heteroatoms. The number of hydrogen-bond donors (Lipinski definition) is 2. The van der Waals surface area contributed by atoms with Gasteiger partial charge in [-0.1, -0.05) is 0 Å². The summed E-state index contributed by atoms with van der Waals surface area (Å²) in [4.78, 5) is 0. The molecule has 0 atom stereocenters. The molecule has 0 amide bonds. The van der Waals surface area contributed by atoms with Gasteiger partial charge in [-0.3, -0.25) is 0 Å². The molecule has 0 fully saturated rings. The van der Waals surface area contributed by atoms with Crippen LogP contribution in [0.3, 0.4) is 0 Å². The van der Waals surface area contributed by atoms with Crippen molar-refractivity contribution < 1.29 is 41.3 Å². The van der Waals surface area contributed by atoms with E-state index in [1.165, 1.54) is 0 Å². The molecule has 1 aromatic rings. The van der Waals surface area contributed by atoms with Gasteiger partial charge in [0.15, 0.2) is 0 Å². The molecule has 1 aromatic carbocycles. The lowest BCUT2D eigenvalue weighted by atomic mass is 9.91. The predicted octanol–water partition coefficient (Wildman–Crippen LogP) is 2.71. The molecule has 0 aliphatic carbocycles. The number of phenolic OH excluding ortho intramolecular Hbond substituents is 1. The molecule has 19 heavy (non-hydrogen) atoms. The molecule has 108 valence electrons. The summed E-state index contributed by atoms with van der Waals surface area (Å²) in [6.07, 6.45) is -12.1. The number of aromatic hydroxyl groups is 1. The van der Waals surface area contributed by atoms with Crippen molar-refractivity contribution in [3.05, 3.63) is 23.8 Å². The van der Waals surface area contributed by atoms with Gasteiger partial charge < -0.3 is 14.9 Å². The summed E-state index contributed by atoms with van der Waals surface area (Å²) in [5.41, 5.74) is -6.87. The lowest BCUT2D eigenvalue weighted by Crippen LogP contribution is -2.53. The number of ether oxygens (including phenoxy) is 1. The van der Waals surface area contributed by atoms with E-state index in [0.29, 0.717) is 12.1 Å². The van der Waals surface area contributed by atoms with E-state index in [4.69, 9.17) is 5.11 Å². The van der Waals surface area contributed by atoms with Crippen LogP contribution in [0.15, 0.2) is 18.2 Å². The van der Waals surface area contributed by atoms with Crippen LogP contribution < -0.4 is 4.74 Å². The van der Waals surface area contributed by atoms with Crippen LogP contribution in [0.25, 0.3) is 0 Å². The molecule has 0 aliphatic heterocycles. The van der Waals surface area contributed by atoms with Crippen LogP contribution >= 0.6 is 0 Å². The third-order valence-corrected chi connectivity index (χ3v) is 2.42. The summed E-state index contributed by atoms with van der Waals surface area (Å²) in [6, 6.07) is 1.60. The third-order valence-electron chi connectivity index (χ3n) is 2.42. The third kappa shape index (κ3) is 2.42. The van der Waals surface area contributed by atoms with Gasteiger partial charge in [0.05, 0.1) is 7.11 Å². The number of benzene rings is 1. The molecule has 1 rings (SSSR count). The summed E-state index contributed by atoms with van der Waals surface area (Å²) in [5, 5.41) is 18.3. The summed E-state index contributed by atoms with van der Waals surface area (Å²) >= 11 is 0. The zero-order valence-corrected chi connectivity index (χ0v) is 9.30. The van der Waals surface area contributed by atoms with Gasteiger partial charge in [0, 0.05) is 11.6 Å². The Labute approximate surface area is 103 Å². The van der Waals surface area contributed by atoms with Gasteiger partial charge in [-0.25, -0.2) is 0 Å². The second kappa shape index (κ2) is 4.48.